The van der Waals surface area contributed by atoms with Crippen LogP contribution in [0.2, 0.25) is 0 Å². The van der Waals surface area contributed by atoms with Crippen molar-refractivity contribution in [3.63, 3.8) is 0 Å². The summed E-state index contributed by atoms with van der Waals surface area (Å²) in [7, 11) is 1.38. The average Bonchev–Trinajstić information content (AvgIpc) is 2.75. The van der Waals surface area contributed by atoms with Crippen LogP contribution in [0.4, 0.5) is 0 Å². The van der Waals surface area contributed by atoms with Gasteiger partial charge in [-0.15, -0.1) is 0 Å². The molecule has 1 heterocycles. The van der Waals surface area contributed by atoms with Crippen molar-refractivity contribution in [3.05, 3.63) is 36.0 Å². The molecule has 1 aromatic heterocycles. The Balaban J connectivity index is 2.39. The van der Waals surface area contributed by atoms with Crippen molar-refractivity contribution in [2.24, 2.45) is 0 Å². The maximum atomic E-state index is 11.5. The normalized spacial score (nSPS) is 10.6. The first-order valence-corrected chi connectivity index (χ1v) is 5.80. The minimum atomic E-state index is -0.241. The van der Waals surface area contributed by atoms with Gasteiger partial charge >= 0.3 is 5.97 Å². The van der Waals surface area contributed by atoms with Crippen LogP contribution in [0.15, 0.2) is 30.5 Å². The predicted molar refractivity (Wildman–Crippen MR) is 68.6 cm³/mol. The van der Waals surface area contributed by atoms with Crippen LogP contribution in [0.1, 0.15) is 23.7 Å². The Labute approximate surface area is 105 Å². The first-order chi connectivity index (χ1) is 8.63. The van der Waals surface area contributed by atoms with E-state index in [0.29, 0.717) is 12.8 Å². The molecule has 18 heavy (non-hydrogen) atoms. The number of rotatable bonds is 3. The Kier molecular flexibility index (Phi) is 3.46. The van der Waals surface area contributed by atoms with Gasteiger partial charge in [-0.2, -0.15) is 0 Å². The molecule has 0 N–H and O–H groups in total. The molecule has 0 unspecified atom stereocenters. The predicted octanol–water partition coefficient (Wildman–Crippen LogP) is 2.41. The van der Waals surface area contributed by atoms with Crippen molar-refractivity contribution in [1.82, 2.24) is 4.57 Å². The number of nitrogens with zero attached hydrogens (tertiary/aromatic N) is 1. The van der Waals surface area contributed by atoms with Gasteiger partial charge < -0.3 is 4.74 Å². The summed E-state index contributed by atoms with van der Waals surface area (Å²) in [6.07, 6.45) is 2.70. The van der Waals surface area contributed by atoms with Gasteiger partial charge in [0.05, 0.1) is 12.6 Å². The molecule has 0 bridgehead atoms. The van der Waals surface area contributed by atoms with E-state index in [1.165, 1.54) is 14.0 Å². The van der Waals surface area contributed by atoms with Crippen LogP contribution in [0, 0.1) is 0 Å². The molecule has 0 radical (unpaired) electrons. The van der Waals surface area contributed by atoms with Gasteiger partial charge in [-0.05, 0) is 18.1 Å². The Bertz CT molecular complexity index is 598. The molecule has 0 saturated heterocycles. The van der Waals surface area contributed by atoms with Crippen LogP contribution in [-0.4, -0.2) is 23.6 Å². The van der Waals surface area contributed by atoms with Crippen molar-refractivity contribution >= 4 is 22.8 Å². The molecule has 0 aliphatic rings. The second-order valence-corrected chi connectivity index (χ2v) is 4.14. The Morgan fingerprint density at radius 3 is 2.67 bits per heavy atom. The third-order valence-electron chi connectivity index (χ3n) is 2.96. The fourth-order valence-electron chi connectivity index (χ4n) is 2.05. The van der Waals surface area contributed by atoms with E-state index in [1.54, 1.807) is 10.8 Å². The summed E-state index contributed by atoms with van der Waals surface area (Å²) < 4.78 is 6.24. The number of fused-ring (bicyclic) bond motifs is 1. The zero-order valence-electron chi connectivity index (χ0n) is 10.5. The fourth-order valence-corrected chi connectivity index (χ4v) is 2.05. The molecule has 94 valence electrons. The number of hydrogen-bond donors (Lipinski definition) is 0. The molecule has 0 aliphatic heterocycles. The number of esters is 1. The Morgan fingerprint density at radius 2 is 2.00 bits per heavy atom. The highest BCUT2D eigenvalue weighted by Crippen LogP contribution is 2.22. The monoisotopic (exact) mass is 245 g/mol. The van der Waals surface area contributed by atoms with Gasteiger partial charge in [0.1, 0.15) is 0 Å². The summed E-state index contributed by atoms with van der Waals surface area (Å²) in [5.74, 6) is -0.273. The Hall–Kier alpha value is -2.10. The van der Waals surface area contributed by atoms with Crippen molar-refractivity contribution < 1.29 is 14.3 Å². The molecule has 2 aromatic rings. The summed E-state index contributed by atoms with van der Waals surface area (Å²) in [4.78, 5) is 22.7. The minimum Gasteiger partial charge on any atom is -0.469 e. The van der Waals surface area contributed by atoms with Gasteiger partial charge in [0.2, 0.25) is 5.91 Å². The van der Waals surface area contributed by atoms with E-state index in [4.69, 9.17) is 0 Å². The van der Waals surface area contributed by atoms with Crippen molar-refractivity contribution in [2.75, 3.05) is 7.11 Å². The van der Waals surface area contributed by atoms with E-state index < -0.39 is 0 Å². The SMILES string of the molecule is COC(=O)CCc1cn(C(C)=O)c2ccccc12. The molecule has 4 nitrogen and oxygen atoms in total. The molecule has 0 fully saturated rings. The number of hydrogen-bond acceptors (Lipinski definition) is 3. The van der Waals surface area contributed by atoms with Crippen molar-refractivity contribution in [2.45, 2.75) is 19.8 Å². The number of benzene rings is 1. The average molecular weight is 245 g/mol. The summed E-state index contributed by atoms with van der Waals surface area (Å²) >= 11 is 0. The lowest BCUT2D eigenvalue weighted by atomic mass is 10.1. The molecular formula is C14H15NO3. The number of ether oxygens (including phenoxy) is 1. The van der Waals surface area contributed by atoms with E-state index in [1.807, 2.05) is 24.3 Å². The molecule has 0 amide bonds. The highest BCUT2D eigenvalue weighted by molar-refractivity contribution is 5.93. The zero-order valence-corrected chi connectivity index (χ0v) is 10.5. The molecule has 2 rings (SSSR count). The lowest BCUT2D eigenvalue weighted by molar-refractivity contribution is -0.140. The van der Waals surface area contributed by atoms with Crippen LogP contribution in [0.25, 0.3) is 10.9 Å². The van der Waals surface area contributed by atoms with Crippen LogP contribution < -0.4 is 0 Å². The molecule has 0 saturated carbocycles. The lowest BCUT2D eigenvalue weighted by Gasteiger charge is -1.98. The number of aromatic nitrogens is 1. The highest BCUT2D eigenvalue weighted by Gasteiger charge is 2.11. The fraction of sp³-hybridized carbons (Fsp3) is 0.286. The van der Waals surface area contributed by atoms with E-state index in [-0.39, 0.29) is 11.9 Å². The van der Waals surface area contributed by atoms with E-state index in [9.17, 15) is 9.59 Å². The van der Waals surface area contributed by atoms with E-state index in [2.05, 4.69) is 4.74 Å². The van der Waals surface area contributed by atoms with Gasteiger partial charge in [-0.1, -0.05) is 18.2 Å². The molecule has 0 atom stereocenters. The quantitative estimate of drug-likeness (QED) is 0.780. The van der Waals surface area contributed by atoms with Crippen LogP contribution >= 0.6 is 0 Å². The number of carbonyl (C=O) groups is 2. The number of para-hydroxylation sites is 1. The van der Waals surface area contributed by atoms with E-state index >= 15 is 0 Å². The first-order valence-electron chi connectivity index (χ1n) is 5.80. The maximum Gasteiger partial charge on any atom is 0.305 e. The summed E-state index contributed by atoms with van der Waals surface area (Å²) in [6.45, 7) is 1.52. The minimum absolute atomic E-state index is 0.0319. The molecular weight excluding hydrogens is 230 g/mol. The number of aryl methyl sites for hydroxylation is 1. The van der Waals surface area contributed by atoms with Crippen molar-refractivity contribution in [3.8, 4) is 0 Å². The summed E-state index contributed by atoms with van der Waals surface area (Å²) in [5.41, 5.74) is 1.87. The molecule has 1 aromatic carbocycles. The third-order valence-corrected chi connectivity index (χ3v) is 2.96. The second kappa shape index (κ2) is 5.04. The van der Waals surface area contributed by atoms with Gasteiger partial charge in [0.25, 0.3) is 0 Å². The smallest absolute Gasteiger partial charge is 0.305 e. The largest absolute Gasteiger partial charge is 0.469 e. The highest BCUT2D eigenvalue weighted by atomic mass is 16.5. The van der Waals surface area contributed by atoms with Crippen molar-refractivity contribution in [1.29, 1.82) is 0 Å². The molecule has 0 spiro atoms. The van der Waals surface area contributed by atoms with Crippen LogP contribution in [0.3, 0.4) is 0 Å². The topological polar surface area (TPSA) is 48.3 Å². The number of methoxy groups -OCH3 is 1. The summed E-state index contributed by atoms with van der Waals surface area (Å²) in [6, 6.07) is 7.68. The van der Waals surface area contributed by atoms with Crippen LogP contribution in [-0.2, 0) is 16.0 Å². The number of carbonyl (C=O) groups excluding carboxylic acids is 2. The summed E-state index contributed by atoms with van der Waals surface area (Å²) in [5, 5.41) is 1.01. The standard InChI is InChI=1S/C14H15NO3/c1-10(16)15-9-11(7-8-14(17)18-2)12-5-3-4-6-13(12)15/h3-6,9H,7-8H2,1-2H3. The van der Waals surface area contributed by atoms with E-state index in [0.717, 1.165) is 16.5 Å². The third kappa shape index (κ3) is 2.27. The van der Waals surface area contributed by atoms with Gasteiger partial charge in [0.15, 0.2) is 0 Å². The van der Waals surface area contributed by atoms with Gasteiger partial charge in [-0.25, -0.2) is 0 Å². The zero-order chi connectivity index (χ0) is 13.1. The molecule has 4 heteroatoms. The van der Waals surface area contributed by atoms with Gasteiger partial charge in [0, 0.05) is 24.9 Å². The van der Waals surface area contributed by atoms with Gasteiger partial charge in [-0.3, -0.25) is 14.2 Å². The second-order valence-electron chi connectivity index (χ2n) is 4.14. The lowest BCUT2D eigenvalue weighted by Crippen LogP contribution is -2.03. The maximum absolute atomic E-state index is 11.5. The Morgan fingerprint density at radius 1 is 1.28 bits per heavy atom. The molecule has 0 aliphatic carbocycles. The first kappa shape index (κ1) is 12.4. The van der Waals surface area contributed by atoms with Crippen LogP contribution in [0.5, 0.6) is 0 Å².